The number of hydrogen-bond donors (Lipinski definition) is 1. The van der Waals surface area contributed by atoms with Crippen molar-refractivity contribution in [1.82, 2.24) is 4.90 Å². The van der Waals surface area contributed by atoms with Crippen molar-refractivity contribution in [1.29, 1.82) is 0 Å². The van der Waals surface area contributed by atoms with Gasteiger partial charge in [0.15, 0.2) is 18.1 Å². The Balaban J connectivity index is 1.86. The molecule has 2 amide bonds. The van der Waals surface area contributed by atoms with E-state index in [0.717, 1.165) is 36.8 Å². The summed E-state index contributed by atoms with van der Waals surface area (Å²) in [5.41, 5.74) is 7.61. The number of methoxy groups -OCH3 is 1. The van der Waals surface area contributed by atoms with Crippen LogP contribution in [0.2, 0.25) is 5.02 Å². The molecule has 31 heavy (non-hydrogen) atoms. The first-order valence-corrected chi connectivity index (χ1v) is 10.9. The average molecular weight is 445 g/mol. The Morgan fingerprint density at radius 3 is 2.48 bits per heavy atom. The smallest absolute Gasteiger partial charge is 0.255 e. The Morgan fingerprint density at radius 2 is 1.84 bits per heavy atom. The second-order valence-corrected chi connectivity index (χ2v) is 8.34. The lowest BCUT2D eigenvalue weighted by Gasteiger charge is -2.35. The van der Waals surface area contributed by atoms with Crippen molar-refractivity contribution < 1.29 is 19.1 Å². The average Bonchev–Trinajstić information content (AvgIpc) is 2.78. The minimum atomic E-state index is -0.558. The molecule has 0 unspecified atom stereocenters. The number of nitrogens with zero attached hydrogens (tertiary/aromatic N) is 1. The van der Waals surface area contributed by atoms with Crippen molar-refractivity contribution in [3.8, 4) is 11.5 Å². The van der Waals surface area contributed by atoms with Crippen LogP contribution in [0, 0.1) is 6.92 Å². The van der Waals surface area contributed by atoms with Gasteiger partial charge in [-0.3, -0.25) is 9.59 Å². The molecule has 0 saturated heterocycles. The molecule has 0 atom stereocenters. The lowest BCUT2D eigenvalue weighted by atomic mass is 9.93. The van der Waals surface area contributed by atoms with Crippen LogP contribution in [-0.2, 0) is 11.3 Å². The highest BCUT2D eigenvalue weighted by Gasteiger charge is 2.27. The van der Waals surface area contributed by atoms with Crippen LogP contribution in [0.25, 0.3) is 0 Å². The predicted octanol–water partition coefficient (Wildman–Crippen LogP) is 4.50. The topological polar surface area (TPSA) is 81.9 Å². The summed E-state index contributed by atoms with van der Waals surface area (Å²) in [5.74, 6) is 0.345. The summed E-state index contributed by atoms with van der Waals surface area (Å²) in [5, 5.41) is 0.590. The third kappa shape index (κ3) is 5.91. The van der Waals surface area contributed by atoms with Crippen LogP contribution < -0.4 is 15.2 Å². The van der Waals surface area contributed by atoms with E-state index < -0.39 is 5.91 Å². The normalized spacial score (nSPS) is 14.2. The van der Waals surface area contributed by atoms with Gasteiger partial charge in [0, 0.05) is 23.2 Å². The van der Waals surface area contributed by atoms with Crippen LogP contribution >= 0.6 is 11.6 Å². The van der Waals surface area contributed by atoms with E-state index in [4.69, 9.17) is 26.8 Å². The molecule has 0 heterocycles. The zero-order valence-corrected chi connectivity index (χ0v) is 18.8. The summed E-state index contributed by atoms with van der Waals surface area (Å²) < 4.78 is 10.8. The maximum Gasteiger partial charge on any atom is 0.255 e. The molecule has 0 aromatic heterocycles. The molecule has 0 radical (unpaired) electrons. The second kappa shape index (κ2) is 10.5. The van der Waals surface area contributed by atoms with Gasteiger partial charge < -0.3 is 20.1 Å². The van der Waals surface area contributed by atoms with Gasteiger partial charge in [0.1, 0.15) is 0 Å². The molecule has 2 N–H and O–H groups in total. The Morgan fingerprint density at radius 1 is 1.10 bits per heavy atom. The van der Waals surface area contributed by atoms with Gasteiger partial charge in [-0.1, -0.05) is 43.0 Å². The Kier molecular flexibility index (Phi) is 7.80. The molecule has 1 saturated carbocycles. The molecule has 2 aromatic carbocycles. The van der Waals surface area contributed by atoms with Gasteiger partial charge in [-0.25, -0.2) is 0 Å². The summed E-state index contributed by atoms with van der Waals surface area (Å²) in [6, 6.07) is 11.1. The molecule has 1 aliphatic rings. The van der Waals surface area contributed by atoms with Crippen molar-refractivity contribution >= 4 is 23.4 Å². The van der Waals surface area contributed by atoms with E-state index >= 15 is 0 Å². The first-order valence-electron chi connectivity index (χ1n) is 10.5. The molecule has 166 valence electrons. The van der Waals surface area contributed by atoms with Gasteiger partial charge in [0.25, 0.3) is 11.8 Å². The van der Waals surface area contributed by atoms with Crippen LogP contribution in [0.15, 0.2) is 36.4 Å². The van der Waals surface area contributed by atoms with Crippen LogP contribution in [0.5, 0.6) is 11.5 Å². The van der Waals surface area contributed by atoms with Gasteiger partial charge in [-0.15, -0.1) is 0 Å². The molecule has 0 spiro atoms. The van der Waals surface area contributed by atoms with Crippen molar-refractivity contribution in [2.45, 2.75) is 51.6 Å². The van der Waals surface area contributed by atoms with Gasteiger partial charge >= 0.3 is 0 Å². The number of benzene rings is 2. The lowest BCUT2D eigenvalue weighted by Crippen LogP contribution is -2.41. The molecule has 2 aromatic rings. The third-order valence-corrected chi connectivity index (χ3v) is 6.05. The monoisotopic (exact) mass is 444 g/mol. The van der Waals surface area contributed by atoms with Crippen molar-refractivity contribution in [2.75, 3.05) is 13.7 Å². The molecular formula is C24H29ClN2O4. The Bertz CT molecular complexity index is 941. The maximum absolute atomic E-state index is 13.5. The lowest BCUT2D eigenvalue weighted by molar-refractivity contribution is -0.119. The number of amides is 2. The highest BCUT2D eigenvalue weighted by atomic mass is 35.5. The van der Waals surface area contributed by atoms with E-state index in [9.17, 15) is 9.59 Å². The van der Waals surface area contributed by atoms with E-state index in [-0.39, 0.29) is 18.6 Å². The largest absolute Gasteiger partial charge is 0.493 e. The summed E-state index contributed by atoms with van der Waals surface area (Å²) in [4.78, 5) is 26.4. The Hall–Kier alpha value is -2.73. The van der Waals surface area contributed by atoms with E-state index in [1.807, 2.05) is 36.1 Å². The molecular weight excluding hydrogens is 416 g/mol. The number of carbonyl (C=O) groups is 2. The third-order valence-electron chi connectivity index (χ3n) is 5.65. The summed E-state index contributed by atoms with van der Waals surface area (Å²) in [6.45, 7) is 2.14. The highest BCUT2D eigenvalue weighted by Crippen LogP contribution is 2.31. The number of carbonyl (C=O) groups excluding carboxylic acids is 2. The number of hydrogen-bond acceptors (Lipinski definition) is 4. The number of rotatable bonds is 8. The number of ether oxygens (including phenoxy) is 2. The molecule has 0 aliphatic heterocycles. The summed E-state index contributed by atoms with van der Waals surface area (Å²) in [7, 11) is 1.54. The van der Waals surface area contributed by atoms with E-state index in [1.54, 1.807) is 12.1 Å². The standard InChI is InChI=1S/C24H29ClN2O4/c1-16-8-10-18(13-20(16)25)24(29)27(19-6-4-3-5-7-19)14-17-9-11-21(22(12-17)30-2)31-15-23(26)28/h8-13,19H,3-7,14-15H2,1-2H3,(H2,26,28). The first-order chi connectivity index (χ1) is 14.9. The van der Waals surface area contributed by atoms with Crippen LogP contribution in [0.1, 0.15) is 53.6 Å². The summed E-state index contributed by atoms with van der Waals surface area (Å²) in [6.07, 6.45) is 5.41. The van der Waals surface area contributed by atoms with Gasteiger partial charge in [-0.05, 0) is 55.2 Å². The minimum absolute atomic E-state index is 0.0261. The van der Waals surface area contributed by atoms with Crippen LogP contribution in [-0.4, -0.2) is 36.5 Å². The van der Waals surface area contributed by atoms with Crippen LogP contribution in [0.4, 0.5) is 0 Å². The molecule has 1 aliphatic carbocycles. The van der Waals surface area contributed by atoms with Crippen molar-refractivity contribution in [3.05, 3.63) is 58.1 Å². The minimum Gasteiger partial charge on any atom is -0.493 e. The quantitative estimate of drug-likeness (QED) is 0.650. The fourth-order valence-corrected chi connectivity index (χ4v) is 4.11. The van der Waals surface area contributed by atoms with Gasteiger partial charge in [0.2, 0.25) is 0 Å². The molecule has 3 rings (SSSR count). The van der Waals surface area contributed by atoms with Gasteiger partial charge in [0.05, 0.1) is 7.11 Å². The van der Waals surface area contributed by atoms with Crippen molar-refractivity contribution in [3.63, 3.8) is 0 Å². The number of aryl methyl sites for hydroxylation is 1. The predicted molar refractivity (Wildman–Crippen MR) is 121 cm³/mol. The van der Waals surface area contributed by atoms with Crippen molar-refractivity contribution in [2.24, 2.45) is 5.73 Å². The molecule has 0 bridgehead atoms. The maximum atomic E-state index is 13.5. The fraction of sp³-hybridized carbons (Fsp3) is 0.417. The number of halogens is 1. The van der Waals surface area contributed by atoms with E-state index in [0.29, 0.717) is 28.6 Å². The highest BCUT2D eigenvalue weighted by molar-refractivity contribution is 6.31. The van der Waals surface area contributed by atoms with E-state index in [2.05, 4.69) is 0 Å². The molecule has 6 nitrogen and oxygen atoms in total. The molecule has 1 fully saturated rings. The summed E-state index contributed by atoms with van der Waals surface area (Å²) >= 11 is 6.28. The fourth-order valence-electron chi connectivity index (χ4n) is 3.93. The SMILES string of the molecule is COc1cc(CN(C(=O)c2ccc(C)c(Cl)c2)C2CCCCC2)ccc1OCC(N)=O. The van der Waals surface area contributed by atoms with E-state index in [1.165, 1.54) is 13.5 Å². The van der Waals surface area contributed by atoms with Gasteiger partial charge in [-0.2, -0.15) is 0 Å². The second-order valence-electron chi connectivity index (χ2n) is 7.93. The first kappa shape index (κ1) is 22.9. The van der Waals surface area contributed by atoms with Crippen LogP contribution in [0.3, 0.4) is 0 Å². The zero-order valence-electron chi connectivity index (χ0n) is 18.0. The zero-order chi connectivity index (χ0) is 22.4. The number of nitrogens with two attached hydrogens (primary N) is 1. The Labute approximate surface area is 188 Å². The number of primary amides is 1. The molecule has 7 heteroatoms.